The number of allylic oxidation sites excluding steroid dienone is 1. The Kier molecular flexibility index (Phi) is 5.23. The molecule has 0 radical (unpaired) electrons. The topological polar surface area (TPSA) is 49.9 Å². The van der Waals surface area contributed by atoms with Gasteiger partial charge in [-0.25, -0.2) is 4.39 Å². The third-order valence-corrected chi connectivity index (χ3v) is 5.10. The van der Waals surface area contributed by atoms with Gasteiger partial charge in [0.1, 0.15) is 5.82 Å². The van der Waals surface area contributed by atoms with Gasteiger partial charge >= 0.3 is 0 Å². The number of benzene rings is 3. The number of fused-ring (bicyclic) bond motifs is 1. The molecule has 0 atom stereocenters. The number of aromatic amines is 1. The Balaban J connectivity index is 1.94. The number of rotatable bonds is 4. The van der Waals surface area contributed by atoms with E-state index in [9.17, 15) is 14.0 Å². The van der Waals surface area contributed by atoms with E-state index in [-0.39, 0.29) is 11.1 Å². The lowest BCUT2D eigenvalue weighted by molar-refractivity contribution is 0.104. The molecule has 0 bridgehead atoms. The average Bonchev–Trinajstić information content (AvgIpc) is 2.73. The first-order valence-electron chi connectivity index (χ1n) is 8.92. The number of hydrogen-bond donors (Lipinski definition) is 1. The molecule has 0 amide bonds. The van der Waals surface area contributed by atoms with Gasteiger partial charge in [0.05, 0.1) is 5.56 Å². The van der Waals surface area contributed by atoms with Crippen LogP contribution in [0.25, 0.3) is 28.1 Å². The van der Waals surface area contributed by atoms with Crippen molar-refractivity contribution in [1.82, 2.24) is 4.98 Å². The molecule has 0 saturated carbocycles. The van der Waals surface area contributed by atoms with Crippen molar-refractivity contribution in [2.75, 3.05) is 0 Å². The molecule has 1 aromatic heterocycles. The zero-order valence-electron chi connectivity index (χ0n) is 15.2. The maximum atomic E-state index is 13.9. The van der Waals surface area contributed by atoms with E-state index in [4.69, 9.17) is 0 Å². The summed E-state index contributed by atoms with van der Waals surface area (Å²) in [5.74, 6) is -0.925. The lowest BCUT2D eigenvalue weighted by Gasteiger charge is -2.12. The van der Waals surface area contributed by atoms with Crippen LogP contribution in [0.5, 0.6) is 0 Å². The maximum Gasteiger partial charge on any atom is 0.260 e. The molecule has 142 valence electrons. The molecule has 1 heterocycles. The Bertz CT molecular complexity index is 1310. The van der Waals surface area contributed by atoms with Crippen LogP contribution in [0.15, 0.2) is 88.1 Å². The minimum atomic E-state index is -0.491. The average molecular weight is 448 g/mol. The lowest BCUT2D eigenvalue weighted by atomic mass is 9.94. The number of aromatic nitrogens is 1. The first-order valence-corrected chi connectivity index (χ1v) is 9.72. The first kappa shape index (κ1) is 19.0. The quantitative estimate of drug-likeness (QED) is 0.308. The summed E-state index contributed by atoms with van der Waals surface area (Å²) >= 11 is 3.46. The molecule has 0 aliphatic heterocycles. The molecule has 0 spiro atoms. The van der Waals surface area contributed by atoms with Crippen molar-refractivity contribution in [3.63, 3.8) is 0 Å². The number of ketones is 1. The highest BCUT2D eigenvalue weighted by Crippen LogP contribution is 2.31. The minimum Gasteiger partial charge on any atom is -0.321 e. The molecule has 5 heteroatoms. The van der Waals surface area contributed by atoms with Crippen molar-refractivity contribution in [3.8, 4) is 11.1 Å². The smallest absolute Gasteiger partial charge is 0.260 e. The van der Waals surface area contributed by atoms with E-state index in [2.05, 4.69) is 20.9 Å². The van der Waals surface area contributed by atoms with Crippen LogP contribution in [0, 0.1) is 5.82 Å². The fraction of sp³-hybridized carbons (Fsp3) is 0. The van der Waals surface area contributed by atoms with Gasteiger partial charge in [-0.05, 0) is 42.0 Å². The zero-order valence-corrected chi connectivity index (χ0v) is 16.7. The summed E-state index contributed by atoms with van der Waals surface area (Å²) in [7, 11) is 0. The van der Waals surface area contributed by atoms with Gasteiger partial charge in [-0.15, -0.1) is 0 Å². The Morgan fingerprint density at radius 2 is 1.69 bits per heavy atom. The molecule has 1 N–H and O–H groups in total. The van der Waals surface area contributed by atoms with Crippen LogP contribution in [-0.4, -0.2) is 10.8 Å². The molecule has 4 aromatic rings. The molecule has 29 heavy (non-hydrogen) atoms. The number of hydrogen-bond acceptors (Lipinski definition) is 2. The van der Waals surface area contributed by atoms with Crippen molar-refractivity contribution in [1.29, 1.82) is 0 Å². The highest BCUT2D eigenvalue weighted by Gasteiger charge is 2.19. The van der Waals surface area contributed by atoms with E-state index >= 15 is 0 Å². The van der Waals surface area contributed by atoms with Gasteiger partial charge in [0.25, 0.3) is 5.56 Å². The number of halogens is 2. The normalized spacial score (nSPS) is 11.2. The van der Waals surface area contributed by atoms with Crippen LogP contribution in [0.2, 0.25) is 0 Å². The minimum absolute atomic E-state index is 0.0226. The van der Waals surface area contributed by atoms with Crippen molar-refractivity contribution in [2.24, 2.45) is 0 Å². The molecular formula is C24H15BrFNO2. The third-order valence-electron chi connectivity index (χ3n) is 4.60. The molecule has 0 aliphatic carbocycles. The van der Waals surface area contributed by atoms with Gasteiger partial charge in [0.15, 0.2) is 5.78 Å². The van der Waals surface area contributed by atoms with Gasteiger partial charge in [0, 0.05) is 26.5 Å². The van der Waals surface area contributed by atoms with Gasteiger partial charge in [-0.3, -0.25) is 9.59 Å². The molecular weight excluding hydrogens is 433 g/mol. The lowest BCUT2D eigenvalue weighted by Crippen LogP contribution is -2.18. The Labute approximate surface area is 174 Å². The largest absolute Gasteiger partial charge is 0.321 e. The van der Waals surface area contributed by atoms with Gasteiger partial charge in [-0.1, -0.05) is 64.5 Å². The van der Waals surface area contributed by atoms with E-state index in [0.717, 1.165) is 15.4 Å². The zero-order chi connectivity index (χ0) is 20.4. The van der Waals surface area contributed by atoms with Crippen LogP contribution in [0.3, 0.4) is 0 Å². The van der Waals surface area contributed by atoms with Crippen molar-refractivity contribution in [2.45, 2.75) is 0 Å². The molecule has 3 nitrogen and oxygen atoms in total. The number of pyridine rings is 1. The molecule has 0 unspecified atom stereocenters. The highest BCUT2D eigenvalue weighted by atomic mass is 79.9. The maximum absolute atomic E-state index is 13.9. The number of carbonyl (C=O) groups excluding carboxylic acids is 1. The first-order chi connectivity index (χ1) is 14.0. The third kappa shape index (κ3) is 3.82. The number of carbonyl (C=O) groups is 1. The molecule has 0 fully saturated rings. The van der Waals surface area contributed by atoms with E-state index in [0.29, 0.717) is 11.1 Å². The predicted octanol–water partition coefficient (Wildman–Crippen LogP) is 5.99. The standard InChI is InChI=1S/C24H15BrFNO2/c25-17-11-12-20-18(14-17)22(16-7-2-1-3-8-16)23(24(29)27-20)21(28)13-10-15-6-4-5-9-19(15)26/h1-14H,(H,27,29). The number of nitrogens with one attached hydrogen (secondary N) is 1. The second kappa shape index (κ2) is 7.97. The number of H-pyrrole nitrogens is 1. The summed E-state index contributed by atoms with van der Waals surface area (Å²) in [5.41, 5.74) is 1.75. The molecule has 0 saturated heterocycles. The van der Waals surface area contributed by atoms with E-state index < -0.39 is 17.2 Å². The predicted molar refractivity (Wildman–Crippen MR) is 117 cm³/mol. The van der Waals surface area contributed by atoms with Gasteiger partial charge < -0.3 is 4.98 Å². The van der Waals surface area contributed by atoms with Crippen molar-refractivity contribution >= 4 is 38.7 Å². The molecule has 0 aliphatic rings. The Hall–Kier alpha value is -3.31. The van der Waals surface area contributed by atoms with Crippen LogP contribution >= 0.6 is 15.9 Å². The van der Waals surface area contributed by atoms with E-state index in [1.54, 1.807) is 24.3 Å². The molecule has 3 aromatic carbocycles. The second-order valence-corrected chi connectivity index (χ2v) is 7.39. The van der Waals surface area contributed by atoms with Gasteiger partial charge in [-0.2, -0.15) is 0 Å². The van der Waals surface area contributed by atoms with Gasteiger partial charge in [0.2, 0.25) is 0 Å². The Morgan fingerprint density at radius 1 is 0.966 bits per heavy atom. The van der Waals surface area contributed by atoms with Crippen molar-refractivity contribution in [3.05, 3.63) is 111 Å². The summed E-state index contributed by atoms with van der Waals surface area (Å²) in [6.07, 6.45) is 2.62. The van der Waals surface area contributed by atoms with E-state index in [1.165, 1.54) is 18.2 Å². The summed E-state index contributed by atoms with van der Waals surface area (Å²) < 4.78 is 14.7. The molecule has 4 rings (SSSR count). The monoisotopic (exact) mass is 447 g/mol. The fourth-order valence-corrected chi connectivity index (χ4v) is 3.63. The Morgan fingerprint density at radius 3 is 2.45 bits per heavy atom. The van der Waals surface area contributed by atoms with Crippen LogP contribution in [0.1, 0.15) is 15.9 Å². The summed E-state index contributed by atoms with van der Waals surface area (Å²) in [5, 5.41) is 0.743. The highest BCUT2D eigenvalue weighted by molar-refractivity contribution is 9.10. The second-order valence-electron chi connectivity index (χ2n) is 6.48. The van der Waals surface area contributed by atoms with Crippen molar-refractivity contribution < 1.29 is 9.18 Å². The summed E-state index contributed by atoms with van der Waals surface area (Å²) in [6, 6.07) is 20.9. The summed E-state index contributed by atoms with van der Waals surface area (Å²) in [4.78, 5) is 28.6. The van der Waals surface area contributed by atoms with Crippen LogP contribution in [-0.2, 0) is 0 Å². The fourth-order valence-electron chi connectivity index (χ4n) is 3.26. The van der Waals surface area contributed by atoms with Crippen LogP contribution in [0.4, 0.5) is 4.39 Å². The summed E-state index contributed by atoms with van der Waals surface area (Å²) in [6.45, 7) is 0. The van der Waals surface area contributed by atoms with E-state index in [1.807, 2.05) is 42.5 Å². The SMILES string of the molecule is O=C(C=Cc1ccccc1F)c1c(-c2ccccc2)c2cc(Br)ccc2[nH]c1=O. The van der Waals surface area contributed by atoms with Crippen LogP contribution < -0.4 is 5.56 Å².